The zero-order valence-corrected chi connectivity index (χ0v) is 7.49. The maximum atomic E-state index is 5.93. The summed E-state index contributed by atoms with van der Waals surface area (Å²) in [5.74, 6) is 1.49. The zero-order valence-electron chi connectivity index (χ0n) is 7.49. The van der Waals surface area contributed by atoms with E-state index in [1.165, 1.54) is 18.4 Å². The predicted octanol–water partition coefficient (Wildman–Crippen LogP) is 1.65. The lowest BCUT2D eigenvalue weighted by molar-refractivity contribution is 0.184. The van der Waals surface area contributed by atoms with Gasteiger partial charge in [-0.3, -0.25) is 0 Å². The van der Waals surface area contributed by atoms with Gasteiger partial charge in [0.15, 0.2) is 0 Å². The van der Waals surface area contributed by atoms with Crippen LogP contribution in [0, 0.1) is 0 Å². The van der Waals surface area contributed by atoms with Crippen molar-refractivity contribution in [2.75, 3.05) is 6.54 Å². The summed E-state index contributed by atoms with van der Waals surface area (Å²) in [7, 11) is 0. The maximum absolute atomic E-state index is 5.93. The van der Waals surface area contributed by atoms with E-state index < -0.39 is 0 Å². The molecule has 1 unspecified atom stereocenters. The first kappa shape index (κ1) is 7.39. The van der Waals surface area contributed by atoms with E-state index in [0.29, 0.717) is 12.5 Å². The largest absolute Gasteiger partial charge is 0.486 e. The molecular weight excluding hydrogens is 162 g/mol. The number of fused-ring (bicyclic) bond motifs is 1. The summed E-state index contributed by atoms with van der Waals surface area (Å²) >= 11 is 0. The average molecular weight is 175 g/mol. The van der Waals surface area contributed by atoms with Gasteiger partial charge in [-0.1, -0.05) is 18.2 Å². The summed E-state index contributed by atoms with van der Waals surface area (Å²) in [5, 5.41) is 0. The lowest BCUT2D eigenvalue weighted by Gasteiger charge is -2.15. The summed E-state index contributed by atoms with van der Waals surface area (Å²) in [6, 6.07) is 8.27. The highest BCUT2D eigenvalue weighted by Crippen LogP contribution is 2.56. The summed E-state index contributed by atoms with van der Waals surface area (Å²) in [6.07, 6.45) is 2.34. The van der Waals surface area contributed by atoms with Crippen molar-refractivity contribution in [2.45, 2.75) is 24.4 Å². The molecule has 68 valence electrons. The van der Waals surface area contributed by atoms with Crippen LogP contribution in [0.5, 0.6) is 5.75 Å². The Morgan fingerprint density at radius 1 is 1.38 bits per heavy atom. The number of hydrogen-bond acceptors (Lipinski definition) is 2. The van der Waals surface area contributed by atoms with Crippen LogP contribution < -0.4 is 10.5 Å². The Kier molecular flexibility index (Phi) is 1.29. The minimum atomic E-state index is 0.0957. The molecule has 0 bridgehead atoms. The van der Waals surface area contributed by atoms with E-state index in [1.807, 2.05) is 12.1 Å². The van der Waals surface area contributed by atoms with Crippen LogP contribution in [0.25, 0.3) is 0 Å². The third-order valence-electron chi connectivity index (χ3n) is 3.22. The van der Waals surface area contributed by atoms with Crippen molar-refractivity contribution in [1.29, 1.82) is 0 Å². The quantitative estimate of drug-likeness (QED) is 0.704. The van der Waals surface area contributed by atoms with E-state index >= 15 is 0 Å². The molecule has 1 aliphatic heterocycles. The van der Waals surface area contributed by atoms with Gasteiger partial charge in [-0.15, -0.1) is 0 Å². The van der Waals surface area contributed by atoms with E-state index in [9.17, 15) is 0 Å². The second-order valence-corrected chi connectivity index (χ2v) is 3.99. The minimum absolute atomic E-state index is 0.0957. The highest BCUT2D eigenvalue weighted by Gasteiger charge is 2.56. The number of rotatable bonds is 1. The molecule has 2 aliphatic rings. The van der Waals surface area contributed by atoms with Gasteiger partial charge in [-0.2, -0.15) is 0 Å². The Balaban J connectivity index is 2.09. The minimum Gasteiger partial charge on any atom is -0.486 e. The first-order valence-electron chi connectivity index (χ1n) is 4.84. The molecule has 1 saturated carbocycles. The van der Waals surface area contributed by atoms with Crippen molar-refractivity contribution in [3.05, 3.63) is 29.8 Å². The van der Waals surface area contributed by atoms with Crippen molar-refractivity contribution in [1.82, 2.24) is 0 Å². The Hall–Kier alpha value is -1.02. The predicted molar refractivity (Wildman–Crippen MR) is 50.8 cm³/mol. The first-order valence-corrected chi connectivity index (χ1v) is 4.84. The van der Waals surface area contributed by atoms with E-state index in [0.717, 1.165) is 5.75 Å². The molecule has 1 aromatic carbocycles. The normalized spacial score (nSPS) is 27.0. The van der Waals surface area contributed by atoms with E-state index in [2.05, 4.69) is 12.1 Å². The molecule has 0 aromatic heterocycles. The van der Waals surface area contributed by atoms with Gasteiger partial charge >= 0.3 is 0 Å². The highest BCUT2D eigenvalue weighted by molar-refractivity contribution is 5.45. The molecule has 1 aliphatic carbocycles. The number of para-hydroxylation sites is 1. The van der Waals surface area contributed by atoms with Gasteiger partial charge in [0.1, 0.15) is 11.4 Å². The molecular formula is C11H13NO. The van der Waals surface area contributed by atoms with Crippen LogP contribution in [0.2, 0.25) is 0 Å². The van der Waals surface area contributed by atoms with Crippen LogP contribution in [-0.4, -0.2) is 12.1 Å². The molecule has 3 rings (SSSR count). The lowest BCUT2D eigenvalue weighted by atomic mass is 9.94. The molecule has 0 radical (unpaired) electrons. The molecule has 1 spiro atoms. The van der Waals surface area contributed by atoms with Gasteiger partial charge in [0.05, 0.1) is 0 Å². The van der Waals surface area contributed by atoms with Gasteiger partial charge < -0.3 is 10.5 Å². The van der Waals surface area contributed by atoms with Crippen molar-refractivity contribution < 1.29 is 4.74 Å². The Morgan fingerprint density at radius 3 is 2.85 bits per heavy atom. The fourth-order valence-corrected chi connectivity index (χ4v) is 2.35. The SMILES string of the molecule is NCC1c2ccccc2OC12CC2. The lowest BCUT2D eigenvalue weighted by Crippen LogP contribution is -2.26. The van der Waals surface area contributed by atoms with E-state index in [1.54, 1.807) is 0 Å². The summed E-state index contributed by atoms with van der Waals surface area (Å²) in [4.78, 5) is 0. The number of hydrogen-bond donors (Lipinski definition) is 1. The van der Waals surface area contributed by atoms with Gasteiger partial charge in [-0.25, -0.2) is 0 Å². The standard InChI is InChI=1S/C11H13NO/c12-7-9-8-3-1-2-4-10(8)13-11(9)5-6-11/h1-4,9H,5-7,12H2. The topological polar surface area (TPSA) is 35.2 Å². The van der Waals surface area contributed by atoms with E-state index in [4.69, 9.17) is 10.5 Å². The average Bonchev–Trinajstić information content (AvgIpc) is 2.83. The van der Waals surface area contributed by atoms with Crippen LogP contribution in [-0.2, 0) is 0 Å². The number of nitrogens with two attached hydrogens (primary N) is 1. The highest BCUT2D eigenvalue weighted by atomic mass is 16.5. The number of ether oxygens (including phenoxy) is 1. The van der Waals surface area contributed by atoms with Crippen molar-refractivity contribution in [2.24, 2.45) is 5.73 Å². The van der Waals surface area contributed by atoms with E-state index in [-0.39, 0.29) is 5.60 Å². The van der Waals surface area contributed by atoms with Crippen LogP contribution >= 0.6 is 0 Å². The summed E-state index contributed by atoms with van der Waals surface area (Å²) in [5.41, 5.74) is 7.19. The molecule has 0 amide bonds. The molecule has 2 heteroatoms. The third-order valence-corrected chi connectivity index (χ3v) is 3.22. The Bertz CT molecular complexity index is 344. The maximum Gasteiger partial charge on any atom is 0.123 e. The first-order chi connectivity index (χ1) is 6.36. The van der Waals surface area contributed by atoms with Crippen molar-refractivity contribution in [3.63, 3.8) is 0 Å². The van der Waals surface area contributed by atoms with Crippen LogP contribution in [0.3, 0.4) is 0 Å². The zero-order chi connectivity index (χ0) is 8.89. The van der Waals surface area contributed by atoms with Crippen molar-refractivity contribution in [3.8, 4) is 5.75 Å². The van der Waals surface area contributed by atoms with Gasteiger partial charge in [0.25, 0.3) is 0 Å². The molecule has 0 saturated heterocycles. The summed E-state index contributed by atoms with van der Waals surface area (Å²) < 4.78 is 5.93. The molecule has 1 fully saturated rings. The van der Waals surface area contributed by atoms with Crippen LogP contribution in [0.4, 0.5) is 0 Å². The molecule has 13 heavy (non-hydrogen) atoms. The Morgan fingerprint density at radius 2 is 2.15 bits per heavy atom. The second kappa shape index (κ2) is 2.26. The fraction of sp³-hybridized carbons (Fsp3) is 0.455. The summed E-state index contributed by atoms with van der Waals surface area (Å²) in [6.45, 7) is 0.705. The third kappa shape index (κ3) is 0.866. The van der Waals surface area contributed by atoms with Gasteiger partial charge in [0.2, 0.25) is 0 Å². The molecule has 1 aromatic rings. The smallest absolute Gasteiger partial charge is 0.123 e. The van der Waals surface area contributed by atoms with Gasteiger partial charge in [0, 0.05) is 18.0 Å². The monoisotopic (exact) mass is 175 g/mol. The van der Waals surface area contributed by atoms with Crippen molar-refractivity contribution >= 4 is 0 Å². The number of benzene rings is 1. The Labute approximate surface area is 77.7 Å². The molecule has 2 nitrogen and oxygen atoms in total. The van der Waals surface area contributed by atoms with Crippen LogP contribution in [0.1, 0.15) is 24.3 Å². The van der Waals surface area contributed by atoms with Gasteiger partial charge in [-0.05, 0) is 18.9 Å². The molecule has 2 N–H and O–H groups in total. The molecule has 1 heterocycles. The van der Waals surface area contributed by atoms with Crippen LogP contribution in [0.15, 0.2) is 24.3 Å². The molecule has 1 atom stereocenters. The second-order valence-electron chi connectivity index (χ2n) is 3.99. The fourth-order valence-electron chi connectivity index (χ4n) is 2.35.